The van der Waals surface area contributed by atoms with E-state index in [9.17, 15) is 0 Å². The molecule has 0 aromatic heterocycles. The fourth-order valence-corrected chi connectivity index (χ4v) is 0.563. The summed E-state index contributed by atoms with van der Waals surface area (Å²) in [6.45, 7) is 0. The molecule has 0 aliphatic carbocycles. The molecule has 0 bridgehead atoms. The molecule has 0 amide bonds. The number of rotatable bonds is 2. The molecule has 26 valence electrons. The summed E-state index contributed by atoms with van der Waals surface area (Å²) in [5.41, 5.74) is 0. The molecular formula is O2Si3Zr+2. The van der Waals surface area contributed by atoms with Crippen molar-refractivity contribution < 1.29 is 34.4 Å². The van der Waals surface area contributed by atoms with Crippen molar-refractivity contribution in [3.63, 3.8) is 0 Å². The van der Waals surface area contributed by atoms with Crippen LogP contribution < -0.4 is 0 Å². The molecule has 6 heavy (non-hydrogen) atoms. The van der Waals surface area contributed by atoms with E-state index >= 15 is 0 Å². The first-order valence-corrected chi connectivity index (χ1v) is 2.45. The summed E-state index contributed by atoms with van der Waals surface area (Å²) in [4.78, 5) is 0. The van der Waals surface area contributed by atoms with Crippen LogP contribution in [0.15, 0.2) is 0 Å². The third kappa shape index (κ3) is 9.07. The first kappa shape index (κ1) is 10.4. The fourth-order valence-electron chi connectivity index (χ4n) is 0.0208. The van der Waals surface area contributed by atoms with Crippen molar-refractivity contribution in [2.45, 2.75) is 0 Å². The molecule has 0 aliphatic heterocycles. The van der Waals surface area contributed by atoms with Crippen LogP contribution >= 0.6 is 0 Å². The van der Waals surface area contributed by atoms with E-state index in [1.807, 2.05) is 0 Å². The van der Waals surface area contributed by atoms with Gasteiger partial charge in [0.05, 0.1) is 0 Å². The van der Waals surface area contributed by atoms with E-state index in [0.29, 0.717) is 0 Å². The molecule has 0 aromatic rings. The van der Waals surface area contributed by atoms with Gasteiger partial charge < -0.3 is 8.23 Å². The topological polar surface area (TPSA) is 18.5 Å². The maximum atomic E-state index is 4.25. The second-order valence-corrected chi connectivity index (χ2v) is 2.09. The summed E-state index contributed by atoms with van der Waals surface area (Å²) in [6, 6.07) is 0. The second-order valence-electron chi connectivity index (χ2n) is 0.287. The van der Waals surface area contributed by atoms with Crippen LogP contribution in [0.5, 0.6) is 0 Å². The second kappa shape index (κ2) is 9.68. The average Bonchev–Trinajstić information content (AvgIpc) is 1.41. The first-order chi connectivity index (χ1) is 2.41. The number of hydrogen-bond donors (Lipinski definition) is 0. The summed E-state index contributed by atoms with van der Waals surface area (Å²) in [7, 11) is 5.44. The Hall–Kier alpha value is 1.45. The molecule has 0 saturated heterocycles. The zero-order chi connectivity index (χ0) is 4.12. The molecule has 0 N–H and O–H groups in total. The molecule has 0 fully saturated rings. The van der Waals surface area contributed by atoms with Crippen molar-refractivity contribution in [2.24, 2.45) is 0 Å². The van der Waals surface area contributed by atoms with E-state index < -0.39 is 0 Å². The Labute approximate surface area is 65.3 Å². The molecule has 0 spiro atoms. The largest absolute Gasteiger partial charge is 2.00 e. The van der Waals surface area contributed by atoms with Crippen molar-refractivity contribution in [1.82, 2.24) is 0 Å². The Balaban J connectivity index is 0. The van der Waals surface area contributed by atoms with Gasteiger partial charge in [-0.1, -0.05) is 0 Å². The van der Waals surface area contributed by atoms with Crippen molar-refractivity contribution >= 4 is 31.0 Å². The number of hydrogen-bond acceptors (Lipinski definition) is 2. The van der Waals surface area contributed by atoms with Crippen molar-refractivity contribution in [3.8, 4) is 0 Å². The maximum Gasteiger partial charge on any atom is 2.00 e. The van der Waals surface area contributed by atoms with Crippen LogP contribution in [0.3, 0.4) is 0 Å². The van der Waals surface area contributed by atoms with Gasteiger partial charge in [-0.25, -0.2) is 0 Å². The Bertz CT molecular complexity index is 16.3. The molecule has 2 nitrogen and oxygen atoms in total. The van der Waals surface area contributed by atoms with E-state index in [2.05, 4.69) is 29.2 Å². The normalized spacial score (nSPS) is 7.00. The Morgan fingerprint density at radius 1 is 1.17 bits per heavy atom. The zero-order valence-corrected chi connectivity index (χ0v) is 8.27. The fraction of sp³-hybridized carbons (Fsp3) is 0. The van der Waals surface area contributed by atoms with Gasteiger partial charge in [-0.3, -0.25) is 0 Å². The van der Waals surface area contributed by atoms with Crippen LogP contribution in [0.1, 0.15) is 0 Å². The van der Waals surface area contributed by atoms with Crippen molar-refractivity contribution in [1.29, 1.82) is 0 Å². The average molecular weight is 207 g/mol. The van der Waals surface area contributed by atoms with E-state index in [1.165, 1.54) is 0 Å². The quantitative estimate of drug-likeness (QED) is 0.525. The van der Waals surface area contributed by atoms with E-state index in [4.69, 9.17) is 0 Å². The minimum atomic E-state index is 0. The minimum Gasteiger partial charge on any atom is -0.435 e. The van der Waals surface area contributed by atoms with Crippen LogP contribution in [-0.2, 0) is 34.4 Å². The molecule has 0 rings (SSSR count). The molecule has 8 radical (unpaired) electrons. The summed E-state index contributed by atoms with van der Waals surface area (Å²) in [6.07, 6.45) is 0. The van der Waals surface area contributed by atoms with Gasteiger partial charge in [-0.2, -0.15) is 0 Å². The molecule has 6 heteroatoms. The molecule has 0 atom stereocenters. The standard InChI is InChI=1S/O2Si3.Zr/c3-1-5-2-4;/q;+2. The Morgan fingerprint density at radius 2 is 1.50 bits per heavy atom. The predicted molar refractivity (Wildman–Crippen MR) is 19.4 cm³/mol. The van der Waals surface area contributed by atoms with Crippen LogP contribution in [-0.4, -0.2) is 31.0 Å². The van der Waals surface area contributed by atoms with Crippen molar-refractivity contribution in [2.75, 3.05) is 0 Å². The van der Waals surface area contributed by atoms with Crippen molar-refractivity contribution in [3.05, 3.63) is 0 Å². The molecule has 0 aliphatic rings. The monoisotopic (exact) mass is 206 g/mol. The summed E-state index contributed by atoms with van der Waals surface area (Å²) >= 11 is 0. The first-order valence-electron chi connectivity index (χ1n) is 0.816. The molecule has 0 saturated carbocycles. The van der Waals surface area contributed by atoms with Gasteiger partial charge in [-0.15, -0.1) is 0 Å². The molecule has 0 aromatic carbocycles. The van der Waals surface area contributed by atoms with Gasteiger partial charge in [0.25, 0.3) is 0 Å². The predicted octanol–water partition coefficient (Wildman–Crippen LogP) is -1.28. The zero-order valence-electron chi connectivity index (χ0n) is 2.82. The molecule has 0 heterocycles. The Kier molecular flexibility index (Phi) is 16.8. The van der Waals surface area contributed by atoms with E-state index in [1.54, 1.807) is 0 Å². The van der Waals surface area contributed by atoms with Crippen LogP contribution in [0.25, 0.3) is 0 Å². The van der Waals surface area contributed by atoms with Gasteiger partial charge in [0.1, 0.15) is 0 Å². The van der Waals surface area contributed by atoms with Gasteiger partial charge in [0.15, 0.2) is 0 Å². The minimum absolute atomic E-state index is 0. The summed E-state index contributed by atoms with van der Waals surface area (Å²) in [5, 5.41) is 0. The smallest absolute Gasteiger partial charge is 0.435 e. The van der Waals surface area contributed by atoms with Crippen LogP contribution in [0.2, 0.25) is 0 Å². The summed E-state index contributed by atoms with van der Waals surface area (Å²) < 4.78 is 8.51. The van der Waals surface area contributed by atoms with Crippen LogP contribution in [0, 0.1) is 0 Å². The third-order valence-corrected chi connectivity index (χ3v) is 0.750. The SMILES string of the molecule is [Si]O[Si]O[Si].[Zr+2]. The van der Waals surface area contributed by atoms with Gasteiger partial charge in [0.2, 0.25) is 21.0 Å². The molecular weight excluding hydrogens is 207 g/mol. The van der Waals surface area contributed by atoms with Gasteiger partial charge >= 0.3 is 36.2 Å². The molecule has 0 unspecified atom stereocenters. The van der Waals surface area contributed by atoms with E-state index in [-0.39, 0.29) is 36.2 Å². The summed E-state index contributed by atoms with van der Waals surface area (Å²) in [5.74, 6) is 0. The van der Waals surface area contributed by atoms with Gasteiger partial charge in [-0.05, 0) is 0 Å². The van der Waals surface area contributed by atoms with Crippen LogP contribution in [0.4, 0.5) is 0 Å². The maximum absolute atomic E-state index is 4.25. The third-order valence-electron chi connectivity index (χ3n) is 0.0833. The van der Waals surface area contributed by atoms with E-state index in [0.717, 1.165) is 0 Å². The van der Waals surface area contributed by atoms with Gasteiger partial charge in [0, 0.05) is 0 Å². The Morgan fingerprint density at radius 3 is 1.50 bits per heavy atom.